The van der Waals surface area contributed by atoms with E-state index in [1.54, 1.807) is 23.1 Å². The van der Waals surface area contributed by atoms with Crippen LogP contribution in [-0.2, 0) is 21.5 Å². The Bertz CT molecular complexity index is 1540. The van der Waals surface area contributed by atoms with Gasteiger partial charge in [0.2, 0.25) is 5.91 Å². The van der Waals surface area contributed by atoms with E-state index in [9.17, 15) is 4.79 Å². The van der Waals surface area contributed by atoms with E-state index in [0.29, 0.717) is 11.4 Å². The van der Waals surface area contributed by atoms with E-state index in [-0.39, 0.29) is 27.2 Å². The second kappa shape index (κ2) is 9.69. The molecule has 1 aliphatic carbocycles. The van der Waals surface area contributed by atoms with E-state index in [4.69, 9.17) is 4.74 Å². The Labute approximate surface area is 224 Å². The molecule has 38 heavy (non-hydrogen) atoms. The average Bonchev–Trinajstić information content (AvgIpc) is 3.54. The molecule has 1 aliphatic rings. The van der Waals surface area contributed by atoms with Gasteiger partial charge in [0, 0.05) is 39.7 Å². The van der Waals surface area contributed by atoms with Gasteiger partial charge in [0.25, 0.3) is 0 Å². The number of nitrogens with zero attached hydrogens (tertiary/aromatic N) is 3. The van der Waals surface area contributed by atoms with Crippen LogP contribution in [0.4, 0.5) is 14.5 Å². The highest BCUT2D eigenvalue weighted by Gasteiger charge is 2.43. The lowest BCUT2D eigenvalue weighted by Gasteiger charge is -2.18. The normalized spacial score (nSPS) is 14.5. The third-order valence-corrected chi connectivity index (χ3v) is 8.37. The maximum Gasteiger partial charge on any atom is 0.229 e. The van der Waals surface area contributed by atoms with Gasteiger partial charge in [0.05, 0.1) is 29.4 Å². The van der Waals surface area contributed by atoms with Gasteiger partial charge in [-0.25, -0.2) is 8.78 Å². The molecule has 1 N–H and O–H groups in total. The first-order valence-electron chi connectivity index (χ1n) is 12.5. The third kappa shape index (κ3) is 4.99. The van der Waals surface area contributed by atoms with E-state index >= 15 is 8.78 Å². The molecule has 5 rings (SSSR count). The zero-order chi connectivity index (χ0) is 27.2. The van der Waals surface area contributed by atoms with E-state index in [1.165, 1.54) is 18.7 Å². The molecule has 0 bridgehead atoms. The molecule has 1 saturated carbocycles. The number of anilines is 1. The van der Waals surface area contributed by atoms with Gasteiger partial charge in [-0.15, -0.1) is 0 Å². The summed E-state index contributed by atoms with van der Waals surface area (Å²) in [6.07, 6.45) is 8.67. The number of halogens is 2. The molecule has 0 saturated heterocycles. The Hall–Kier alpha value is -3.46. The van der Waals surface area contributed by atoms with Gasteiger partial charge in [-0.2, -0.15) is 16.9 Å². The van der Waals surface area contributed by atoms with Crippen LogP contribution in [0.1, 0.15) is 50.3 Å². The fraction of sp³-hybridized carbons (Fsp3) is 0.345. The molecule has 2 aromatic carbocycles. The van der Waals surface area contributed by atoms with Crippen LogP contribution < -0.4 is 10.1 Å². The zero-order valence-corrected chi connectivity index (χ0v) is 22.9. The molecular formula is C29H30F2N4O2S. The lowest BCUT2D eigenvalue weighted by Crippen LogP contribution is -2.22. The number of fused-ring (bicyclic) bond motifs is 1. The highest BCUT2D eigenvalue weighted by Crippen LogP contribution is 2.56. The Kier molecular flexibility index (Phi) is 6.67. The minimum absolute atomic E-state index is 0.0551. The molecule has 0 spiro atoms. The van der Waals surface area contributed by atoms with Crippen LogP contribution >= 0.6 is 11.8 Å². The number of pyridine rings is 1. The van der Waals surface area contributed by atoms with Crippen molar-refractivity contribution in [2.45, 2.75) is 57.2 Å². The van der Waals surface area contributed by atoms with Gasteiger partial charge in [0.15, 0.2) is 0 Å². The average molecular weight is 537 g/mol. The topological polar surface area (TPSA) is 69.0 Å². The predicted molar refractivity (Wildman–Crippen MR) is 147 cm³/mol. The number of amides is 1. The van der Waals surface area contributed by atoms with Gasteiger partial charge < -0.3 is 10.1 Å². The van der Waals surface area contributed by atoms with Gasteiger partial charge in [-0.05, 0) is 70.6 Å². The number of rotatable bonds is 7. The summed E-state index contributed by atoms with van der Waals surface area (Å²) in [5.74, 6) is -1.67. The Morgan fingerprint density at radius 2 is 1.95 bits per heavy atom. The molecule has 0 atom stereocenters. The largest absolute Gasteiger partial charge is 0.456 e. The first-order valence-corrected chi connectivity index (χ1v) is 13.7. The second-order valence-corrected chi connectivity index (χ2v) is 11.9. The molecule has 0 radical (unpaired) electrons. The molecule has 1 amide bonds. The van der Waals surface area contributed by atoms with Crippen LogP contribution in [0.5, 0.6) is 11.5 Å². The van der Waals surface area contributed by atoms with Crippen molar-refractivity contribution in [2.24, 2.45) is 0 Å². The highest BCUT2D eigenvalue weighted by molar-refractivity contribution is 7.99. The number of hydrogen-bond acceptors (Lipinski definition) is 5. The first kappa shape index (κ1) is 26.2. The minimum Gasteiger partial charge on any atom is -0.456 e. The van der Waals surface area contributed by atoms with E-state index in [0.717, 1.165) is 29.8 Å². The first-order chi connectivity index (χ1) is 18.0. The van der Waals surface area contributed by atoms with Crippen molar-refractivity contribution in [1.82, 2.24) is 14.8 Å². The minimum atomic E-state index is -0.845. The maximum atomic E-state index is 15.3. The number of aromatic nitrogens is 3. The van der Waals surface area contributed by atoms with Crippen LogP contribution in [0.3, 0.4) is 0 Å². The summed E-state index contributed by atoms with van der Waals surface area (Å²) < 4.78 is 38.3. The zero-order valence-electron chi connectivity index (χ0n) is 22.1. The van der Waals surface area contributed by atoms with Crippen LogP contribution in [0.25, 0.3) is 10.9 Å². The summed E-state index contributed by atoms with van der Waals surface area (Å²) in [4.78, 5) is 17.0. The summed E-state index contributed by atoms with van der Waals surface area (Å²) in [5, 5.41) is 7.67. The Morgan fingerprint density at radius 1 is 1.18 bits per heavy atom. The molecule has 4 aromatic rings. The van der Waals surface area contributed by atoms with Gasteiger partial charge >= 0.3 is 0 Å². The SMILES string of the molecule is CSC1(c2ccc3nccc(Oc4cc(F)c(CC(=O)Nc5cnn(C(C)(C)C)c5)c(F)c4C)c3c2)CC1. The van der Waals surface area contributed by atoms with Gasteiger partial charge in [-0.1, -0.05) is 6.07 Å². The fourth-order valence-corrected chi connectivity index (χ4v) is 5.35. The number of hydrogen-bond donors (Lipinski definition) is 1. The van der Waals surface area contributed by atoms with Crippen LogP contribution in [-0.4, -0.2) is 26.9 Å². The number of ether oxygens (including phenoxy) is 1. The maximum absolute atomic E-state index is 15.3. The molecule has 0 aliphatic heterocycles. The van der Waals surface area contributed by atoms with Crippen molar-refractivity contribution in [3.8, 4) is 11.5 Å². The van der Waals surface area contributed by atoms with Crippen molar-refractivity contribution < 1.29 is 18.3 Å². The Balaban J connectivity index is 1.39. The van der Waals surface area contributed by atoms with Crippen LogP contribution in [0, 0.1) is 18.6 Å². The van der Waals surface area contributed by atoms with Gasteiger partial charge in [0.1, 0.15) is 23.1 Å². The van der Waals surface area contributed by atoms with E-state index in [1.807, 2.05) is 38.6 Å². The number of carbonyl (C=O) groups excluding carboxylic acids is 1. The van der Waals surface area contributed by atoms with Gasteiger partial charge in [-0.3, -0.25) is 14.5 Å². The quantitative estimate of drug-likeness (QED) is 0.273. The Morgan fingerprint density at radius 3 is 2.61 bits per heavy atom. The standard InChI is InChI=1S/C29H30F2N4O2S/c1-17-25(37-24-8-11-32-23-7-6-18(12-21(23)24)29(38-5)9-10-29)14-22(30)20(27(17)31)13-26(36)34-19-15-33-35(16-19)28(2,3)4/h6-8,11-12,14-16H,9-10,13H2,1-5H3,(H,34,36). The van der Waals surface area contributed by atoms with E-state index < -0.39 is 24.0 Å². The lowest BCUT2D eigenvalue weighted by atomic mass is 10.0. The monoisotopic (exact) mass is 536 g/mol. The molecule has 2 heterocycles. The molecule has 198 valence electrons. The molecule has 1 fully saturated rings. The summed E-state index contributed by atoms with van der Waals surface area (Å²) in [6, 6.07) is 8.93. The smallest absolute Gasteiger partial charge is 0.229 e. The number of benzene rings is 2. The number of thioether (sulfide) groups is 1. The number of nitrogens with one attached hydrogen (secondary N) is 1. The molecule has 2 aromatic heterocycles. The van der Waals surface area contributed by atoms with Crippen LogP contribution in [0.2, 0.25) is 0 Å². The molecule has 0 unspecified atom stereocenters. The van der Waals surface area contributed by atoms with Crippen LogP contribution in [0.15, 0.2) is 48.9 Å². The summed E-state index contributed by atoms with van der Waals surface area (Å²) in [6.45, 7) is 7.44. The molecular weight excluding hydrogens is 506 g/mol. The van der Waals surface area contributed by atoms with Crippen molar-refractivity contribution in [3.63, 3.8) is 0 Å². The van der Waals surface area contributed by atoms with Crippen molar-refractivity contribution >= 4 is 34.3 Å². The van der Waals surface area contributed by atoms with Crippen molar-refractivity contribution in [1.29, 1.82) is 0 Å². The summed E-state index contributed by atoms with van der Waals surface area (Å²) in [5.41, 5.74) is 1.95. The van der Waals surface area contributed by atoms with Crippen molar-refractivity contribution in [3.05, 3.63) is 77.2 Å². The fourth-order valence-electron chi connectivity index (χ4n) is 4.47. The highest BCUT2D eigenvalue weighted by atomic mass is 32.2. The molecule has 9 heteroatoms. The predicted octanol–water partition coefficient (Wildman–Crippen LogP) is 7.10. The summed E-state index contributed by atoms with van der Waals surface area (Å²) >= 11 is 1.83. The molecule has 6 nitrogen and oxygen atoms in total. The summed E-state index contributed by atoms with van der Waals surface area (Å²) in [7, 11) is 0. The number of carbonyl (C=O) groups is 1. The second-order valence-electron chi connectivity index (χ2n) is 10.7. The lowest BCUT2D eigenvalue weighted by molar-refractivity contribution is -0.115. The van der Waals surface area contributed by atoms with E-state index in [2.05, 4.69) is 33.8 Å². The third-order valence-electron chi connectivity index (χ3n) is 6.94. The van der Waals surface area contributed by atoms with Crippen molar-refractivity contribution in [2.75, 3.05) is 11.6 Å².